The first-order valence-electron chi connectivity index (χ1n) is 7.45. The second-order valence-corrected chi connectivity index (χ2v) is 5.78. The molecule has 1 heterocycles. The van der Waals surface area contributed by atoms with Gasteiger partial charge in [0.1, 0.15) is 11.8 Å². The first-order valence-corrected chi connectivity index (χ1v) is 7.45. The van der Waals surface area contributed by atoms with Crippen LogP contribution in [-0.2, 0) is 4.79 Å². The molecule has 0 aliphatic carbocycles. The van der Waals surface area contributed by atoms with Gasteiger partial charge in [-0.05, 0) is 31.4 Å². The summed E-state index contributed by atoms with van der Waals surface area (Å²) in [5, 5.41) is 11.7. The summed E-state index contributed by atoms with van der Waals surface area (Å²) in [4.78, 5) is 27.8. The molecule has 1 unspecified atom stereocenters. The zero-order chi connectivity index (χ0) is 17.0. The molecule has 1 aromatic heterocycles. The van der Waals surface area contributed by atoms with Gasteiger partial charge in [-0.2, -0.15) is 0 Å². The number of oxazole rings is 1. The van der Waals surface area contributed by atoms with Crippen molar-refractivity contribution in [2.45, 2.75) is 33.2 Å². The minimum atomic E-state index is -1.06. The molecule has 0 aliphatic heterocycles. The van der Waals surface area contributed by atoms with E-state index in [4.69, 9.17) is 4.42 Å². The zero-order valence-corrected chi connectivity index (χ0v) is 13.4. The summed E-state index contributed by atoms with van der Waals surface area (Å²) >= 11 is 0. The smallest absolute Gasteiger partial charge is 0.326 e. The van der Waals surface area contributed by atoms with Gasteiger partial charge in [-0.1, -0.05) is 32.0 Å². The van der Waals surface area contributed by atoms with Crippen molar-refractivity contribution in [3.8, 4) is 11.5 Å². The summed E-state index contributed by atoms with van der Waals surface area (Å²) in [6, 6.07) is 8.27. The lowest BCUT2D eigenvalue weighted by atomic mass is 10.0. The van der Waals surface area contributed by atoms with Gasteiger partial charge in [0.15, 0.2) is 5.69 Å². The Kier molecular flexibility index (Phi) is 5.16. The molecule has 0 fully saturated rings. The predicted octanol–water partition coefficient (Wildman–Crippen LogP) is 2.88. The molecule has 0 radical (unpaired) electrons. The topological polar surface area (TPSA) is 92.4 Å². The van der Waals surface area contributed by atoms with Crippen LogP contribution in [0.1, 0.15) is 36.5 Å². The van der Waals surface area contributed by atoms with Crippen molar-refractivity contribution in [1.82, 2.24) is 10.3 Å². The molecule has 23 heavy (non-hydrogen) atoms. The lowest BCUT2D eigenvalue weighted by Gasteiger charge is -2.15. The number of nitrogens with zero attached hydrogens (tertiary/aromatic N) is 1. The van der Waals surface area contributed by atoms with Gasteiger partial charge in [-0.25, -0.2) is 9.78 Å². The van der Waals surface area contributed by atoms with Crippen molar-refractivity contribution in [1.29, 1.82) is 0 Å². The van der Waals surface area contributed by atoms with Crippen molar-refractivity contribution in [2.24, 2.45) is 5.92 Å². The minimum absolute atomic E-state index is 0.110. The summed E-state index contributed by atoms with van der Waals surface area (Å²) in [5.41, 5.74) is 0.866. The molecule has 0 bridgehead atoms. The number of benzene rings is 1. The van der Waals surface area contributed by atoms with Crippen molar-refractivity contribution in [3.63, 3.8) is 0 Å². The Morgan fingerprint density at radius 2 is 1.91 bits per heavy atom. The number of hydrogen-bond donors (Lipinski definition) is 2. The van der Waals surface area contributed by atoms with Gasteiger partial charge in [0, 0.05) is 5.56 Å². The highest BCUT2D eigenvalue weighted by Gasteiger charge is 2.25. The molecule has 6 nitrogen and oxygen atoms in total. The standard InChI is InChI=1S/C17H20N2O4/c1-10(2)9-13(17(21)22)18-15(20)14-11(3)23-16(19-14)12-7-5-4-6-8-12/h4-8,10,13H,9H2,1-3H3,(H,18,20)(H,21,22). The van der Waals surface area contributed by atoms with E-state index in [0.717, 1.165) is 5.56 Å². The molecule has 0 aliphatic rings. The SMILES string of the molecule is Cc1oc(-c2ccccc2)nc1C(=O)NC(CC(C)C)C(=O)O. The molecule has 2 aromatic rings. The van der Waals surface area contributed by atoms with Crippen LogP contribution in [0.2, 0.25) is 0 Å². The fraction of sp³-hybridized carbons (Fsp3) is 0.353. The van der Waals surface area contributed by atoms with Crippen LogP contribution in [0.5, 0.6) is 0 Å². The minimum Gasteiger partial charge on any atom is -0.480 e. The number of hydrogen-bond acceptors (Lipinski definition) is 4. The van der Waals surface area contributed by atoms with E-state index in [9.17, 15) is 14.7 Å². The lowest BCUT2D eigenvalue weighted by molar-refractivity contribution is -0.139. The number of carboxylic acids is 1. The Labute approximate surface area is 134 Å². The maximum atomic E-state index is 12.3. The molecule has 1 atom stereocenters. The van der Waals surface area contributed by atoms with E-state index < -0.39 is 17.9 Å². The van der Waals surface area contributed by atoms with Gasteiger partial charge in [0.25, 0.3) is 5.91 Å². The van der Waals surface area contributed by atoms with Crippen LogP contribution < -0.4 is 5.32 Å². The Bertz CT molecular complexity index is 692. The van der Waals surface area contributed by atoms with E-state index in [1.54, 1.807) is 6.92 Å². The van der Waals surface area contributed by atoms with Crippen molar-refractivity contribution in [3.05, 3.63) is 41.8 Å². The number of carboxylic acid groups (broad SMARTS) is 1. The van der Waals surface area contributed by atoms with E-state index in [2.05, 4.69) is 10.3 Å². The normalized spacial score (nSPS) is 12.2. The number of amides is 1. The molecule has 2 N–H and O–H groups in total. The van der Waals surface area contributed by atoms with Crippen LogP contribution in [0.4, 0.5) is 0 Å². The third kappa shape index (κ3) is 4.18. The van der Waals surface area contributed by atoms with Crippen LogP contribution in [0.15, 0.2) is 34.7 Å². The van der Waals surface area contributed by atoms with Crippen molar-refractivity contribution in [2.75, 3.05) is 0 Å². The average molecular weight is 316 g/mol. The number of aryl methyl sites for hydroxylation is 1. The second kappa shape index (κ2) is 7.09. The molecule has 0 saturated carbocycles. The zero-order valence-electron chi connectivity index (χ0n) is 13.4. The summed E-state index contributed by atoms with van der Waals surface area (Å²) in [7, 11) is 0. The van der Waals surface area contributed by atoms with Crippen LogP contribution in [-0.4, -0.2) is 28.0 Å². The third-order valence-electron chi connectivity index (χ3n) is 3.34. The van der Waals surface area contributed by atoms with Crippen molar-refractivity contribution < 1.29 is 19.1 Å². The van der Waals surface area contributed by atoms with E-state index in [1.165, 1.54) is 0 Å². The Morgan fingerprint density at radius 1 is 1.26 bits per heavy atom. The maximum Gasteiger partial charge on any atom is 0.326 e. The van der Waals surface area contributed by atoms with Gasteiger partial charge >= 0.3 is 5.97 Å². The highest BCUT2D eigenvalue weighted by molar-refractivity contribution is 5.96. The first kappa shape index (κ1) is 16.7. The number of carbonyl (C=O) groups excluding carboxylic acids is 1. The Morgan fingerprint density at radius 3 is 2.48 bits per heavy atom. The quantitative estimate of drug-likeness (QED) is 0.855. The lowest BCUT2D eigenvalue weighted by Crippen LogP contribution is -2.42. The Balaban J connectivity index is 2.19. The molecule has 0 spiro atoms. The number of aliphatic carboxylic acids is 1. The van der Waals surface area contributed by atoms with Gasteiger partial charge in [-0.3, -0.25) is 4.79 Å². The molecule has 1 amide bonds. The highest BCUT2D eigenvalue weighted by Crippen LogP contribution is 2.21. The van der Waals surface area contributed by atoms with Crippen LogP contribution in [0.3, 0.4) is 0 Å². The predicted molar refractivity (Wildman–Crippen MR) is 85.0 cm³/mol. The van der Waals surface area contributed by atoms with Gasteiger partial charge in [0.05, 0.1) is 0 Å². The third-order valence-corrected chi connectivity index (χ3v) is 3.34. The monoisotopic (exact) mass is 316 g/mol. The number of nitrogens with one attached hydrogen (secondary N) is 1. The van der Waals surface area contributed by atoms with E-state index in [-0.39, 0.29) is 11.6 Å². The van der Waals surface area contributed by atoms with Crippen LogP contribution in [0.25, 0.3) is 11.5 Å². The summed E-state index contributed by atoms with van der Waals surface area (Å²) in [6.07, 6.45) is 0.351. The summed E-state index contributed by atoms with van der Waals surface area (Å²) in [6.45, 7) is 5.43. The average Bonchev–Trinajstić information content (AvgIpc) is 2.89. The molecular weight excluding hydrogens is 296 g/mol. The number of carbonyl (C=O) groups is 2. The van der Waals surface area contributed by atoms with Gasteiger partial charge in [0.2, 0.25) is 5.89 Å². The molecular formula is C17H20N2O4. The highest BCUT2D eigenvalue weighted by atomic mass is 16.4. The summed E-state index contributed by atoms with van der Waals surface area (Å²) < 4.78 is 5.53. The molecule has 122 valence electrons. The van der Waals surface area contributed by atoms with Crippen LogP contribution >= 0.6 is 0 Å². The van der Waals surface area contributed by atoms with Gasteiger partial charge < -0.3 is 14.8 Å². The Hall–Kier alpha value is -2.63. The van der Waals surface area contributed by atoms with E-state index >= 15 is 0 Å². The largest absolute Gasteiger partial charge is 0.480 e. The van der Waals surface area contributed by atoms with E-state index in [0.29, 0.717) is 18.1 Å². The number of rotatable bonds is 6. The fourth-order valence-electron chi connectivity index (χ4n) is 2.23. The van der Waals surface area contributed by atoms with E-state index in [1.807, 2.05) is 44.2 Å². The molecule has 2 rings (SSSR count). The van der Waals surface area contributed by atoms with Crippen molar-refractivity contribution >= 4 is 11.9 Å². The maximum absolute atomic E-state index is 12.3. The molecule has 6 heteroatoms. The number of aromatic nitrogens is 1. The second-order valence-electron chi connectivity index (χ2n) is 5.78. The van der Waals surface area contributed by atoms with Gasteiger partial charge in [-0.15, -0.1) is 0 Å². The molecule has 1 aromatic carbocycles. The molecule has 0 saturated heterocycles. The van der Waals surface area contributed by atoms with Crippen LogP contribution in [0, 0.1) is 12.8 Å². The fourth-order valence-corrected chi connectivity index (χ4v) is 2.23. The first-order chi connectivity index (χ1) is 10.9. The summed E-state index contributed by atoms with van der Waals surface area (Å²) in [5.74, 6) is -0.758.